The summed E-state index contributed by atoms with van der Waals surface area (Å²) in [6.07, 6.45) is 7.32. The molecule has 1 N–H and O–H groups in total. The summed E-state index contributed by atoms with van der Waals surface area (Å²) < 4.78 is 5.64. The van der Waals surface area contributed by atoms with Crippen LogP contribution >= 0.6 is 0 Å². The third-order valence-corrected chi connectivity index (χ3v) is 3.24. The predicted molar refractivity (Wildman–Crippen MR) is 65.4 cm³/mol. The van der Waals surface area contributed by atoms with Crippen molar-refractivity contribution in [3.8, 4) is 0 Å². The van der Waals surface area contributed by atoms with E-state index >= 15 is 0 Å². The Morgan fingerprint density at radius 2 is 2.31 bits per heavy atom. The lowest BCUT2D eigenvalue weighted by molar-refractivity contribution is 0.0948. The zero-order valence-electron chi connectivity index (χ0n) is 9.91. The number of rotatable bonds is 6. The predicted octanol–water partition coefficient (Wildman–Crippen LogP) is 2.83. The topological polar surface area (TPSA) is 34.1 Å². The van der Waals surface area contributed by atoms with Crippen molar-refractivity contribution in [1.82, 2.24) is 4.98 Å². The maximum absolute atomic E-state index is 5.64. The first-order valence-electron chi connectivity index (χ1n) is 6.09. The molecule has 1 aromatic heterocycles. The molecule has 2 rings (SSSR count). The zero-order chi connectivity index (χ0) is 11.2. The van der Waals surface area contributed by atoms with Gasteiger partial charge in [0, 0.05) is 19.9 Å². The molecule has 1 aromatic rings. The van der Waals surface area contributed by atoms with Gasteiger partial charge in [-0.3, -0.25) is 0 Å². The van der Waals surface area contributed by atoms with Crippen LogP contribution in [0.15, 0.2) is 18.3 Å². The van der Waals surface area contributed by atoms with Crippen molar-refractivity contribution in [1.29, 1.82) is 0 Å². The molecule has 0 aliphatic heterocycles. The molecule has 1 fully saturated rings. The van der Waals surface area contributed by atoms with Crippen molar-refractivity contribution >= 4 is 5.82 Å². The lowest BCUT2D eigenvalue weighted by Crippen LogP contribution is -2.13. The molecule has 0 bridgehead atoms. The molecule has 0 atom stereocenters. The van der Waals surface area contributed by atoms with Crippen LogP contribution in [0.5, 0.6) is 0 Å². The average molecular weight is 220 g/mol. The van der Waals surface area contributed by atoms with Gasteiger partial charge in [0.15, 0.2) is 0 Å². The second-order valence-corrected chi connectivity index (χ2v) is 4.44. The van der Waals surface area contributed by atoms with Gasteiger partial charge in [-0.15, -0.1) is 0 Å². The Balaban J connectivity index is 1.64. The Hall–Kier alpha value is -1.09. The van der Waals surface area contributed by atoms with Crippen LogP contribution in [0.25, 0.3) is 0 Å². The summed E-state index contributed by atoms with van der Waals surface area (Å²) in [6, 6.07) is 4.03. The van der Waals surface area contributed by atoms with Crippen LogP contribution in [0, 0.1) is 5.92 Å². The molecule has 1 aliphatic carbocycles. The fourth-order valence-electron chi connectivity index (χ4n) is 1.88. The van der Waals surface area contributed by atoms with E-state index < -0.39 is 0 Å². The highest BCUT2D eigenvalue weighted by Gasteiger charge is 2.16. The van der Waals surface area contributed by atoms with E-state index in [4.69, 9.17) is 4.74 Å². The monoisotopic (exact) mass is 220 g/mol. The first-order valence-corrected chi connectivity index (χ1v) is 6.09. The van der Waals surface area contributed by atoms with Crippen LogP contribution in [-0.4, -0.2) is 18.6 Å². The van der Waals surface area contributed by atoms with Gasteiger partial charge in [-0.2, -0.15) is 0 Å². The fraction of sp³-hybridized carbons (Fsp3) is 0.615. The average Bonchev–Trinajstić information content (AvgIpc) is 2.27. The third kappa shape index (κ3) is 3.20. The summed E-state index contributed by atoms with van der Waals surface area (Å²) in [5.41, 5.74) is 1.15. The second kappa shape index (κ2) is 5.85. The SMILES string of the molecule is CNc1ccc(COCCC2CCC2)cn1. The molecule has 0 saturated heterocycles. The molecule has 1 heterocycles. The first-order chi connectivity index (χ1) is 7.88. The van der Waals surface area contributed by atoms with Gasteiger partial charge in [0.1, 0.15) is 5.82 Å². The molecule has 0 spiro atoms. The van der Waals surface area contributed by atoms with Gasteiger partial charge in [0.05, 0.1) is 6.61 Å². The molecule has 1 saturated carbocycles. The number of anilines is 1. The molecule has 0 radical (unpaired) electrons. The molecular weight excluding hydrogens is 200 g/mol. The molecule has 1 aliphatic rings. The van der Waals surface area contributed by atoms with Crippen LogP contribution < -0.4 is 5.32 Å². The third-order valence-electron chi connectivity index (χ3n) is 3.24. The van der Waals surface area contributed by atoms with Crippen LogP contribution in [0.1, 0.15) is 31.2 Å². The van der Waals surface area contributed by atoms with Crippen LogP contribution in [0.4, 0.5) is 5.82 Å². The first kappa shape index (κ1) is 11.4. The fourth-order valence-corrected chi connectivity index (χ4v) is 1.88. The van der Waals surface area contributed by atoms with Crippen molar-refractivity contribution in [2.45, 2.75) is 32.3 Å². The van der Waals surface area contributed by atoms with E-state index in [0.717, 1.165) is 23.9 Å². The highest BCUT2D eigenvalue weighted by atomic mass is 16.5. The van der Waals surface area contributed by atoms with Crippen molar-refractivity contribution < 1.29 is 4.74 Å². The zero-order valence-corrected chi connectivity index (χ0v) is 9.91. The van der Waals surface area contributed by atoms with E-state index in [0.29, 0.717) is 6.61 Å². The van der Waals surface area contributed by atoms with Crippen molar-refractivity contribution in [2.24, 2.45) is 5.92 Å². The van der Waals surface area contributed by atoms with E-state index in [9.17, 15) is 0 Å². The maximum Gasteiger partial charge on any atom is 0.125 e. The summed E-state index contributed by atoms with van der Waals surface area (Å²) in [7, 11) is 1.87. The van der Waals surface area contributed by atoms with Crippen molar-refractivity contribution in [2.75, 3.05) is 19.0 Å². The smallest absolute Gasteiger partial charge is 0.125 e. The molecule has 0 amide bonds. The number of hydrogen-bond donors (Lipinski definition) is 1. The number of nitrogens with zero attached hydrogens (tertiary/aromatic N) is 1. The molecular formula is C13H20N2O. The van der Waals surface area contributed by atoms with Gasteiger partial charge >= 0.3 is 0 Å². The molecule has 3 heteroatoms. The Labute approximate surface area is 97.2 Å². The number of ether oxygens (including phenoxy) is 1. The van der Waals surface area contributed by atoms with Crippen LogP contribution in [-0.2, 0) is 11.3 Å². The lowest BCUT2D eigenvalue weighted by Gasteiger charge is -2.24. The summed E-state index contributed by atoms with van der Waals surface area (Å²) in [4.78, 5) is 4.25. The summed E-state index contributed by atoms with van der Waals surface area (Å²) >= 11 is 0. The number of hydrogen-bond acceptors (Lipinski definition) is 3. The highest BCUT2D eigenvalue weighted by Crippen LogP contribution is 2.29. The largest absolute Gasteiger partial charge is 0.377 e. The van der Waals surface area contributed by atoms with Gasteiger partial charge in [0.25, 0.3) is 0 Å². The van der Waals surface area contributed by atoms with Crippen molar-refractivity contribution in [3.05, 3.63) is 23.9 Å². The van der Waals surface area contributed by atoms with Gasteiger partial charge in [-0.25, -0.2) is 4.98 Å². The molecule has 3 nitrogen and oxygen atoms in total. The van der Waals surface area contributed by atoms with Gasteiger partial charge < -0.3 is 10.1 Å². The summed E-state index contributed by atoms with van der Waals surface area (Å²) in [5, 5.41) is 3.00. The second-order valence-electron chi connectivity index (χ2n) is 4.44. The van der Waals surface area contributed by atoms with E-state index in [1.165, 1.54) is 25.7 Å². The van der Waals surface area contributed by atoms with Crippen molar-refractivity contribution in [3.63, 3.8) is 0 Å². The van der Waals surface area contributed by atoms with E-state index in [2.05, 4.69) is 16.4 Å². The number of pyridine rings is 1. The highest BCUT2D eigenvalue weighted by molar-refractivity contribution is 5.34. The maximum atomic E-state index is 5.64. The minimum atomic E-state index is 0.684. The van der Waals surface area contributed by atoms with Crippen LogP contribution in [0.3, 0.4) is 0 Å². The van der Waals surface area contributed by atoms with E-state index in [-0.39, 0.29) is 0 Å². The number of aromatic nitrogens is 1. The standard InChI is InChI=1S/C13H20N2O/c1-14-13-6-5-12(9-15-13)10-16-8-7-11-3-2-4-11/h5-6,9,11H,2-4,7-8,10H2,1H3,(H,14,15). The summed E-state index contributed by atoms with van der Waals surface area (Å²) in [6.45, 7) is 1.57. The quantitative estimate of drug-likeness (QED) is 0.748. The number of nitrogens with one attached hydrogen (secondary N) is 1. The van der Waals surface area contributed by atoms with Crippen LogP contribution in [0.2, 0.25) is 0 Å². The molecule has 0 aromatic carbocycles. The minimum absolute atomic E-state index is 0.684. The van der Waals surface area contributed by atoms with Gasteiger partial charge in [-0.1, -0.05) is 25.3 Å². The minimum Gasteiger partial charge on any atom is -0.377 e. The van der Waals surface area contributed by atoms with E-state index in [1.54, 1.807) is 0 Å². The van der Waals surface area contributed by atoms with E-state index in [1.807, 2.05) is 19.3 Å². The van der Waals surface area contributed by atoms with Gasteiger partial charge in [-0.05, 0) is 24.0 Å². The Bertz CT molecular complexity index is 306. The normalized spacial score (nSPS) is 15.8. The Morgan fingerprint density at radius 3 is 2.88 bits per heavy atom. The summed E-state index contributed by atoms with van der Waals surface area (Å²) in [5.74, 6) is 1.84. The Morgan fingerprint density at radius 1 is 1.44 bits per heavy atom. The molecule has 0 unspecified atom stereocenters. The Kier molecular flexibility index (Phi) is 4.17. The van der Waals surface area contributed by atoms with Gasteiger partial charge in [0.2, 0.25) is 0 Å². The molecule has 16 heavy (non-hydrogen) atoms. The molecule has 88 valence electrons. The lowest BCUT2D eigenvalue weighted by atomic mass is 9.83.